The second kappa shape index (κ2) is 5.84. The van der Waals surface area contributed by atoms with Crippen molar-refractivity contribution in [2.24, 2.45) is 0 Å². The predicted molar refractivity (Wildman–Crippen MR) is 69.6 cm³/mol. The zero-order valence-corrected chi connectivity index (χ0v) is 12.1. The van der Waals surface area contributed by atoms with Crippen molar-refractivity contribution in [2.45, 2.75) is 13.5 Å². The van der Waals surface area contributed by atoms with E-state index in [2.05, 4.69) is 21.0 Å². The number of benzene rings is 1. The van der Waals surface area contributed by atoms with Crippen LogP contribution in [0.1, 0.15) is 5.69 Å². The van der Waals surface area contributed by atoms with E-state index >= 15 is 0 Å². The molecular formula is C12H8BrF4N3O. The van der Waals surface area contributed by atoms with Gasteiger partial charge in [-0.05, 0) is 22.9 Å². The molecule has 2 aromatic rings. The van der Waals surface area contributed by atoms with Crippen LogP contribution in [0.4, 0.5) is 23.2 Å². The number of aromatic nitrogens is 2. The lowest BCUT2D eigenvalue weighted by Gasteiger charge is -2.09. The normalized spacial score (nSPS) is 10.8. The van der Waals surface area contributed by atoms with E-state index in [9.17, 15) is 22.4 Å². The second-order valence-corrected chi connectivity index (χ2v) is 4.98. The van der Waals surface area contributed by atoms with Crippen LogP contribution >= 0.6 is 15.9 Å². The summed E-state index contributed by atoms with van der Waals surface area (Å²) in [6, 6.07) is 0.0646. The van der Waals surface area contributed by atoms with Gasteiger partial charge in [-0.15, -0.1) is 0 Å². The zero-order valence-electron chi connectivity index (χ0n) is 10.6. The van der Waals surface area contributed by atoms with E-state index in [-0.39, 0.29) is 12.6 Å². The molecule has 1 N–H and O–H groups in total. The Bertz CT molecular complexity index is 691. The molecule has 0 saturated carbocycles. The molecule has 0 saturated heterocycles. The molecule has 0 atom stereocenters. The van der Waals surface area contributed by atoms with Crippen LogP contribution in [0.25, 0.3) is 0 Å². The molecule has 1 amide bonds. The number of rotatable bonds is 3. The largest absolute Gasteiger partial charge is 0.319 e. The van der Waals surface area contributed by atoms with Gasteiger partial charge in [-0.25, -0.2) is 17.6 Å². The minimum absolute atomic E-state index is 0.0646. The number of amides is 1. The molecule has 9 heteroatoms. The first-order valence-corrected chi connectivity index (χ1v) is 6.41. The van der Waals surface area contributed by atoms with Crippen molar-refractivity contribution in [3.63, 3.8) is 0 Å². The molecule has 0 radical (unpaired) electrons. The molecule has 0 aliphatic rings. The first kappa shape index (κ1) is 15.5. The topological polar surface area (TPSA) is 46.9 Å². The van der Waals surface area contributed by atoms with Crippen molar-refractivity contribution < 1.29 is 22.4 Å². The average Bonchev–Trinajstić information content (AvgIpc) is 2.73. The van der Waals surface area contributed by atoms with Crippen LogP contribution in [0.3, 0.4) is 0 Å². The van der Waals surface area contributed by atoms with Crippen molar-refractivity contribution in [1.29, 1.82) is 0 Å². The maximum Gasteiger partial charge on any atom is 0.246 e. The van der Waals surface area contributed by atoms with Crippen LogP contribution in [0.2, 0.25) is 0 Å². The zero-order chi connectivity index (χ0) is 15.7. The van der Waals surface area contributed by atoms with Crippen LogP contribution in [0.15, 0.2) is 16.7 Å². The Balaban J connectivity index is 2.23. The average molecular weight is 366 g/mol. The summed E-state index contributed by atoms with van der Waals surface area (Å²) in [5.74, 6) is -7.40. The van der Waals surface area contributed by atoms with Crippen molar-refractivity contribution in [3.8, 4) is 0 Å². The molecule has 0 aliphatic heterocycles. The van der Waals surface area contributed by atoms with Gasteiger partial charge in [-0.1, -0.05) is 0 Å². The summed E-state index contributed by atoms with van der Waals surface area (Å²) in [6.45, 7) is 1.29. The SMILES string of the molecule is Cc1c(Br)cnn1CC(=O)Nc1c(F)c(F)cc(F)c1F. The molecule has 0 spiro atoms. The van der Waals surface area contributed by atoms with Gasteiger partial charge in [0.15, 0.2) is 23.3 Å². The summed E-state index contributed by atoms with van der Waals surface area (Å²) in [5.41, 5.74) is -0.558. The lowest BCUT2D eigenvalue weighted by atomic mass is 10.2. The quantitative estimate of drug-likeness (QED) is 0.670. The van der Waals surface area contributed by atoms with E-state index in [0.29, 0.717) is 10.2 Å². The molecule has 2 rings (SSSR count). The Labute approximate surface area is 124 Å². The van der Waals surface area contributed by atoms with Gasteiger partial charge < -0.3 is 5.32 Å². The summed E-state index contributed by atoms with van der Waals surface area (Å²) in [4.78, 5) is 11.7. The maximum absolute atomic E-state index is 13.4. The molecule has 0 bridgehead atoms. The van der Waals surface area contributed by atoms with E-state index in [4.69, 9.17) is 0 Å². The number of carbonyl (C=O) groups excluding carboxylic acids is 1. The number of nitrogens with one attached hydrogen (secondary N) is 1. The highest BCUT2D eigenvalue weighted by molar-refractivity contribution is 9.10. The minimum Gasteiger partial charge on any atom is -0.319 e. The Morgan fingerprint density at radius 3 is 2.33 bits per heavy atom. The number of halogens is 5. The first-order chi connectivity index (χ1) is 9.81. The molecule has 112 valence electrons. The third-order valence-electron chi connectivity index (χ3n) is 2.71. The standard InChI is InChI=1S/C12H8BrF4N3O/c1-5-6(13)3-18-20(5)4-9(21)19-12-10(16)7(14)2-8(15)11(12)17/h2-3H,4H2,1H3,(H,19,21). The highest BCUT2D eigenvalue weighted by Gasteiger charge is 2.21. The van der Waals surface area contributed by atoms with Gasteiger partial charge in [0.05, 0.1) is 16.4 Å². The molecular weight excluding hydrogens is 358 g/mol. The van der Waals surface area contributed by atoms with Crippen LogP contribution in [-0.4, -0.2) is 15.7 Å². The fourth-order valence-corrected chi connectivity index (χ4v) is 1.88. The Morgan fingerprint density at radius 1 is 1.29 bits per heavy atom. The molecule has 1 aromatic carbocycles. The van der Waals surface area contributed by atoms with Gasteiger partial charge in [-0.3, -0.25) is 9.48 Å². The lowest BCUT2D eigenvalue weighted by molar-refractivity contribution is -0.117. The Hall–Kier alpha value is -1.90. The van der Waals surface area contributed by atoms with E-state index in [1.54, 1.807) is 12.2 Å². The maximum atomic E-state index is 13.4. The lowest BCUT2D eigenvalue weighted by Crippen LogP contribution is -2.22. The highest BCUT2D eigenvalue weighted by atomic mass is 79.9. The fraction of sp³-hybridized carbons (Fsp3) is 0.167. The molecule has 21 heavy (non-hydrogen) atoms. The Morgan fingerprint density at radius 2 is 1.86 bits per heavy atom. The van der Waals surface area contributed by atoms with Crippen LogP contribution in [0, 0.1) is 30.2 Å². The van der Waals surface area contributed by atoms with Crippen molar-refractivity contribution in [1.82, 2.24) is 9.78 Å². The number of nitrogens with zero attached hydrogens (tertiary/aromatic N) is 2. The minimum atomic E-state index is -1.67. The second-order valence-electron chi connectivity index (χ2n) is 4.13. The third-order valence-corrected chi connectivity index (χ3v) is 3.49. The highest BCUT2D eigenvalue weighted by Crippen LogP contribution is 2.24. The first-order valence-electron chi connectivity index (χ1n) is 5.62. The van der Waals surface area contributed by atoms with Crippen molar-refractivity contribution >= 4 is 27.5 Å². The molecule has 0 aliphatic carbocycles. The van der Waals surface area contributed by atoms with Crippen LogP contribution in [0.5, 0.6) is 0 Å². The molecule has 1 aromatic heterocycles. The fourth-order valence-electron chi connectivity index (χ4n) is 1.58. The number of hydrogen-bond donors (Lipinski definition) is 1. The van der Waals surface area contributed by atoms with Gasteiger partial charge in [0.1, 0.15) is 12.2 Å². The molecule has 1 heterocycles. The molecule has 0 fully saturated rings. The van der Waals surface area contributed by atoms with Gasteiger partial charge in [0.2, 0.25) is 5.91 Å². The Kier molecular flexibility index (Phi) is 4.31. The van der Waals surface area contributed by atoms with Gasteiger partial charge in [0.25, 0.3) is 0 Å². The summed E-state index contributed by atoms with van der Waals surface area (Å²) < 4.78 is 54.7. The van der Waals surface area contributed by atoms with Gasteiger partial charge in [-0.2, -0.15) is 5.10 Å². The van der Waals surface area contributed by atoms with E-state index in [0.717, 1.165) is 0 Å². The number of hydrogen-bond acceptors (Lipinski definition) is 2. The van der Waals surface area contributed by atoms with E-state index in [1.807, 2.05) is 0 Å². The molecule has 0 unspecified atom stereocenters. The summed E-state index contributed by atoms with van der Waals surface area (Å²) in [7, 11) is 0. The summed E-state index contributed by atoms with van der Waals surface area (Å²) >= 11 is 3.18. The van der Waals surface area contributed by atoms with Crippen molar-refractivity contribution in [3.05, 3.63) is 45.7 Å². The van der Waals surface area contributed by atoms with Crippen LogP contribution in [-0.2, 0) is 11.3 Å². The monoisotopic (exact) mass is 365 g/mol. The summed E-state index contributed by atoms with van der Waals surface area (Å²) in [6.07, 6.45) is 1.44. The smallest absolute Gasteiger partial charge is 0.246 e. The van der Waals surface area contributed by atoms with Gasteiger partial charge >= 0.3 is 0 Å². The van der Waals surface area contributed by atoms with Crippen molar-refractivity contribution in [2.75, 3.05) is 5.32 Å². The molecule has 4 nitrogen and oxygen atoms in total. The van der Waals surface area contributed by atoms with Gasteiger partial charge in [0, 0.05) is 6.07 Å². The predicted octanol–water partition coefficient (Wildman–Crippen LogP) is 3.15. The summed E-state index contributed by atoms with van der Waals surface area (Å²) in [5, 5.41) is 5.65. The third kappa shape index (κ3) is 3.07. The number of anilines is 1. The van der Waals surface area contributed by atoms with E-state index in [1.165, 1.54) is 10.9 Å². The van der Waals surface area contributed by atoms with Crippen LogP contribution < -0.4 is 5.32 Å². The number of carbonyl (C=O) groups is 1. The van der Waals surface area contributed by atoms with E-state index < -0.39 is 34.9 Å².